The Kier molecular flexibility index (Phi) is 5.75. The quantitative estimate of drug-likeness (QED) is 0.247. The zero-order valence-electron chi connectivity index (χ0n) is 17.0. The maximum absolute atomic E-state index is 14.5. The molecule has 4 rings (SSSR count). The van der Waals surface area contributed by atoms with E-state index in [2.05, 4.69) is 10.1 Å². The van der Waals surface area contributed by atoms with Gasteiger partial charge in [0.05, 0.1) is 11.4 Å². The summed E-state index contributed by atoms with van der Waals surface area (Å²) in [5.41, 5.74) is 1.31. The van der Waals surface area contributed by atoms with Crippen LogP contribution in [0.1, 0.15) is 16.3 Å². The molecule has 0 aliphatic rings. The summed E-state index contributed by atoms with van der Waals surface area (Å²) in [6.07, 6.45) is 1.15. The van der Waals surface area contributed by atoms with Gasteiger partial charge in [0.15, 0.2) is 11.5 Å². The lowest BCUT2D eigenvalue weighted by Gasteiger charge is -2.08. The molecular weight excluding hydrogens is 417 g/mol. The second kappa shape index (κ2) is 8.80. The predicted octanol–water partition coefficient (Wildman–Crippen LogP) is 3.95. The molecule has 2 aromatic heterocycles. The van der Waals surface area contributed by atoms with Crippen LogP contribution in [0.3, 0.4) is 0 Å². The number of hydrogen-bond acceptors (Lipinski definition) is 6. The van der Waals surface area contributed by atoms with Crippen molar-refractivity contribution in [1.29, 1.82) is 0 Å². The molecule has 0 saturated heterocycles. The number of nitrogens with zero attached hydrogens (tertiary/aromatic N) is 5. The Morgan fingerprint density at radius 1 is 1.16 bits per heavy atom. The number of halogens is 1. The monoisotopic (exact) mass is 435 g/mol. The van der Waals surface area contributed by atoms with E-state index in [1.54, 1.807) is 49.4 Å². The molecule has 0 fully saturated rings. The van der Waals surface area contributed by atoms with E-state index in [0.717, 1.165) is 6.20 Å². The highest BCUT2D eigenvalue weighted by Gasteiger charge is 2.21. The van der Waals surface area contributed by atoms with Crippen molar-refractivity contribution in [3.8, 4) is 16.9 Å². The van der Waals surface area contributed by atoms with Crippen molar-refractivity contribution in [2.75, 3.05) is 6.61 Å². The molecule has 162 valence electrons. The lowest BCUT2D eigenvalue weighted by Crippen LogP contribution is -2.14. The molecule has 0 amide bonds. The van der Waals surface area contributed by atoms with Crippen molar-refractivity contribution in [2.24, 2.45) is 0 Å². The summed E-state index contributed by atoms with van der Waals surface area (Å²) in [6, 6.07) is 16.7. The van der Waals surface area contributed by atoms with E-state index in [4.69, 9.17) is 4.74 Å². The first kappa shape index (κ1) is 20.9. The Balaban J connectivity index is 1.59. The molecule has 0 radical (unpaired) electrons. The third kappa shape index (κ3) is 4.10. The van der Waals surface area contributed by atoms with Crippen molar-refractivity contribution in [3.63, 3.8) is 0 Å². The molecule has 0 saturated carbocycles. The number of benzene rings is 2. The summed E-state index contributed by atoms with van der Waals surface area (Å²) in [7, 11) is 0. The van der Waals surface area contributed by atoms with Crippen LogP contribution in [-0.2, 0) is 11.3 Å². The molecule has 0 spiro atoms. The van der Waals surface area contributed by atoms with Crippen molar-refractivity contribution in [2.45, 2.75) is 13.5 Å². The van der Waals surface area contributed by atoms with Crippen LogP contribution >= 0.6 is 0 Å². The molecule has 2 aromatic carbocycles. The van der Waals surface area contributed by atoms with Crippen LogP contribution in [0.15, 0.2) is 66.9 Å². The van der Waals surface area contributed by atoms with Gasteiger partial charge in [-0.3, -0.25) is 0 Å². The second-order valence-electron chi connectivity index (χ2n) is 6.85. The number of ether oxygens (including phenoxy) is 1. The largest absolute Gasteiger partial charge is 0.457 e. The van der Waals surface area contributed by atoms with Crippen LogP contribution in [0.5, 0.6) is 0 Å². The van der Waals surface area contributed by atoms with Crippen molar-refractivity contribution < 1.29 is 18.8 Å². The number of para-hydroxylation sites is 1. The van der Waals surface area contributed by atoms with Gasteiger partial charge >= 0.3 is 11.8 Å². The standard InChI is InChI=1S/C22H18FN5O4/c1-15-24-14-21(28(30)31)26(15)11-12-32-22(29)19-13-20(17-9-5-6-10-18(17)23)27(25-19)16-7-3-2-4-8-16/h2-10,13-14H,11-12H2,1H3. The molecule has 0 bridgehead atoms. The lowest BCUT2D eigenvalue weighted by molar-refractivity contribution is -0.392. The predicted molar refractivity (Wildman–Crippen MR) is 113 cm³/mol. The highest BCUT2D eigenvalue weighted by atomic mass is 19.1. The van der Waals surface area contributed by atoms with Gasteiger partial charge in [0, 0.05) is 12.5 Å². The van der Waals surface area contributed by atoms with Crippen LogP contribution < -0.4 is 0 Å². The Morgan fingerprint density at radius 3 is 2.59 bits per heavy atom. The molecule has 9 nitrogen and oxygen atoms in total. The Labute approximate surface area is 181 Å². The normalized spacial score (nSPS) is 10.8. The highest BCUT2D eigenvalue weighted by molar-refractivity contribution is 5.89. The average Bonchev–Trinajstić information content (AvgIpc) is 3.39. The van der Waals surface area contributed by atoms with E-state index in [-0.39, 0.29) is 30.2 Å². The number of aromatic nitrogens is 4. The number of nitro groups is 1. The number of carbonyl (C=O) groups excluding carboxylic acids is 1. The van der Waals surface area contributed by atoms with Crippen LogP contribution in [0.25, 0.3) is 16.9 Å². The molecule has 0 unspecified atom stereocenters. The van der Waals surface area contributed by atoms with Crippen molar-refractivity contribution >= 4 is 11.8 Å². The first-order valence-electron chi connectivity index (χ1n) is 9.69. The number of carbonyl (C=O) groups is 1. The Hall–Kier alpha value is -4.34. The summed E-state index contributed by atoms with van der Waals surface area (Å²) in [6.45, 7) is 1.56. The summed E-state index contributed by atoms with van der Waals surface area (Å²) in [5, 5.41) is 15.4. The zero-order chi connectivity index (χ0) is 22.7. The topological polar surface area (TPSA) is 105 Å². The highest BCUT2D eigenvalue weighted by Crippen LogP contribution is 2.26. The Morgan fingerprint density at radius 2 is 1.88 bits per heavy atom. The van der Waals surface area contributed by atoms with Crippen molar-refractivity contribution in [3.05, 3.63) is 94.3 Å². The average molecular weight is 435 g/mol. The van der Waals surface area contributed by atoms with Gasteiger partial charge in [-0.2, -0.15) is 5.10 Å². The van der Waals surface area contributed by atoms with E-state index in [1.165, 1.54) is 21.4 Å². The van der Waals surface area contributed by atoms with E-state index < -0.39 is 16.7 Å². The van der Waals surface area contributed by atoms with Gasteiger partial charge in [-0.25, -0.2) is 23.4 Å². The maximum atomic E-state index is 14.5. The van der Waals surface area contributed by atoms with Gasteiger partial charge in [-0.1, -0.05) is 30.3 Å². The van der Waals surface area contributed by atoms with Gasteiger partial charge in [-0.15, -0.1) is 0 Å². The van der Waals surface area contributed by atoms with Crippen molar-refractivity contribution in [1.82, 2.24) is 19.3 Å². The molecular formula is C22H18FN5O4. The third-order valence-corrected chi connectivity index (χ3v) is 4.84. The summed E-state index contributed by atoms with van der Waals surface area (Å²) in [5.74, 6) is -0.929. The third-order valence-electron chi connectivity index (χ3n) is 4.84. The Bertz CT molecular complexity index is 1280. The first-order valence-corrected chi connectivity index (χ1v) is 9.69. The molecule has 10 heteroatoms. The summed E-state index contributed by atoms with van der Waals surface area (Å²) < 4.78 is 22.6. The molecule has 2 heterocycles. The number of esters is 1. The van der Waals surface area contributed by atoms with Gasteiger partial charge < -0.3 is 14.9 Å². The van der Waals surface area contributed by atoms with Gasteiger partial charge in [0.25, 0.3) is 0 Å². The molecule has 4 aromatic rings. The number of imidazole rings is 1. The van der Waals surface area contributed by atoms with Gasteiger partial charge in [0.1, 0.15) is 25.2 Å². The number of rotatable bonds is 7. The fraction of sp³-hybridized carbons (Fsp3) is 0.136. The van der Waals surface area contributed by atoms with E-state index in [0.29, 0.717) is 17.2 Å². The van der Waals surface area contributed by atoms with Crippen LogP contribution in [-0.4, -0.2) is 36.8 Å². The van der Waals surface area contributed by atoms with Crippen LogP contribution in [0.2, 0.25) is 0 Å². The smallest absolute Gasteiger partial charge is 0.359 e. The minimum absolute atomic E-state index is 0.0102. The molecule has 0 atom stereocenters. The number of hydrogen-bond donors (Lipinski definition) is 0. The van der Waals surface area contributed by atoms with E-state index >= 15 is 0 Å². The number of aryl methyl sites for hydroxylation is 1. The van der Waals surface area contributed by atoms with Gasteiger partial charge in [0.2, 0.25) is 0 Å². The van der Waals surface area contributed by atoms with Crippen LogP contribution in [0, 0.1) is 22.9 Å². The second-order valence-corrected chi connectivity index (χ2v) is 6.85. The minimum Gasteiger partial charge on any atom is -0.457 e. The molecule has 0 aliphatic carbocycles. The molecule has 0 aliphatic heterocycles. The fourth-order valence-corrected chi connectivity index (χ4v) is 3.29. The minimum atomic E-state index is -0.724. The lowest BCUT2D eigenvalue weighted by atomic mass is 10.1. The first-order chi connectivity index (χ1) is 15.5. The summed E-state index contributed by atoms with van der Waals surface area (Å²) >= 11 is 0. The molecule has 32 heavy (non-hydrogen) atoms. The van der Waals surface area contributed by atoms with Gasteiger partial charge in [-0.05, 0) is 35.3 Å². The fourth-order valence-electron chi connectivity index (χ4n) is 3.29. The maximum Gasteiger partial charge on any atom is 0.359 e. The summed E-state index contributed by atoms with van der Waals surface area (Å²) in [4.78, 5) is 27.1. The van der Waals surface area contributed by atoms with Crippen LogP contribution in [0.4, 0.5) is 10.2 Å². The van der Waals surface area contributed by atoms with E-state index in [1.807, 2.05) is 6.07 Å². The SMILES string of the molecule is Cc1ncc([N+](=O)[O-])n1CCOC(=O)c1cc(-c2ccccc2F)n(-c2ccccc2)n1. The zero-order valence-corrected chi connectivity index (χ0v) is 17.0. The van der Waals surface area contributed by atoms with E-state index in [9.17, 15) is 19.3 Å². The molecule has 0 N–H and O–H groups in total.